The zero-order chi connectivity index (χ0) is 9.68. The molecular formula is C9H7NO3. The summed E-state index contributed by atoms with van der Waals surface area (Å²) in [5, 5.41) is 10.3. The van der Waals surface area contributed by atoms with E-state index in [4.69, 9.17) is 0 Å². The maximum absolute atomic E-state index is 10.3. The highest BCUT2D eigenvalue weighted by atomic mass is 16.6. The Kier molecular flexibility index (Phi) is 2.95. The Morgan fingerprint density at radius 3 is 2.92 bits per heavy atom. The largest absolute Gasteiger partial charge is 0.269 e. The molecule has 4 nitrogen and oxygen atoms in total. The molecule has 0 aliphatic heterocycles. The Balaban J connectivity index is 2.91. The molecule has 0 saturated heterocycles. The molecule has 0 radical (unpaired) electrons. The topological polar surface area (TPSA) is 60.2 Å². The molecule has 1 rings (SSSR count). The van der Waals surface area contributed by atoms with E-state index in [9.17, 15) is 14.9 Å². The summed E-state index contributed by atoms with van der Waals surface area (Å²) in [5.74, 6) is 1.62. The molecule has 0 aliphatic carbocycles. The van der Waals surface area contributed by atoms with Crippen LogP contribution >= 0.6 is 0 Å². The minimum absolute atomic E-state index is 0.0387. The molecule has 0 heterocycles. The Morgan fingerprint density at radius 2 is 2.31 bits per heavy atom. The molecule has 0 saturated carbocycles. The van der Waals surface area contributed by atoms with Crippen LogP contribution in [0.4, 0.5) is 5.69 Å². The van der Waals surface area contributed by atoms with E-state index in [-0.39, 0.29) is 5.69 Å². The number of nitro groups is 1. The van der Waals surface area contributed by atoms with Gasteiger partial charge < -0.3 is 0 Å². The fourth-order valence-corrected chi connectivity index (χ4v) is 0.957. The van der Waals surface area contributed by atoms with Gasteiger partial charge in [-0.15, -0.1) is 0 Å². The number of carbonyl (C=O) groups excluding carboxylic acids is 1. The molecule has 0 unspecified atom stereocenters. The number of rotatable bonds is 3. The van der Waals surface area contributed by atoms with E-state index >= 15 is 0 Å². The molecule has 0 atom stereocenters. The van der Waals surface area contributed by atoms with Gasteiger partial charge in [0.15, 0.2) is 0 Å². The summed E-state index contributed by atoms with van der Waals surface area (Å²) in [6.07, 6.45) is 1.67. The first-order valence-corrected chi connectivity index (χ1v) is 3.66. The average Bonchev–Trinajstić information content (AvgIpc) is 2.15. The maximum atomic E-state index is 10.3. The Labute approximate surface area is 74.7 Å². The number of nitro benzene ring substituents is 1. The number of hydrogen-bond donors (Lipinski definition) is 0. The molecule has 1 aromatic carbocycles. The van der Waals surface area contributed by atoms with Crippen molar-refractivity contribution < 1.29 is 9.72 Å². The number of non-ortho nitro benzene ring substituents is 1. The lowest BCUT2D eigenvalue weighted by Gasteiger charge is -1.94. The average molecular weight is 177 g/mol. The minimum atomic E-state index is -0.464. The molecular weight excluding hydrogens is 170 g/mol. The predicted molar refractivity (Wildman–Crippen MR) is 47.1 cm³/mol. The van der Waals surface area contributed by atoms with Crippen molar-refractivity contribution in [2.45, 2.75) is 6.42 Å². The van der Waals surface area contributed by atoms with Crippen LogP contribution in [0.15, 0.2) is 30.3 Å². The van der Waals surface area contributed by atoms with Gasteiger partial charge in [0.05, 0.1) is 4.92 Å². The highest BCUT2D eigenvalue weighted by Crippen LogP contribution is 2.13. The molecule has 0 N–H and O–H groups in total. The monoisotopic (exact) mass is 177 g/mol. The third-order valence-corrected chi connectivity index (χ3v) is 1.54. The van der Waals surface area contributed by atoms with Crippen LogP contribution in [0.3, 0.4) is 0 Å². The minimum Gasteiger partial charge on any atom is -0.258 e. The molecule has 1 aromatic rings. The summed E-state index contributed by atoms with van der Waals surface area (Å²) in [5.41, 5.74) is 0.773. The number of nitrogens with zero attached hydrogens (tertiary/aromatic N) is 1. The summed E-state index contributed by atoms with van der Waals surface area (Å²) in [6.45, 7) is 0. The van der Waals surface area contributed by atoms with Crippen molar-refractivity contribution in [2.75, 3.05) is 0 Å². The fraction of sp³-hybridized carbons (Fsp3) is 0.111. The predicted octanol–water partition coefficient (Wildman–Crippen LogP) is 1.53. The van der Waals surface area contributed by atoms with Gasteiger partial charge in [0.25, 0.3) is 5.69 Å². The van der Waals surface area contributed by atoms with Crippen molar-refractivity contribution in [3.05, 3.63) is 46.0 Å². The van der Waals surface area contributed by atoms with Gasteiger partial charge in [-0.25, -0.2) is 4.79 Å². The van der Waals surface area contributed by atoms with E-state index in [0.717, 1.165) is 5.56 Å². The fourth-order valence-electron chi connectivity index (χ4n) is 0.957. The van der Waals surface area contributed by atoms with Crippen molar-refractivity contribution in [1.82, 2.24) is 0 Å². The number of benzene rings is 1. The van der Waals surface area contributed by atoms with Gasteiger partial charge >= 0.3 is 0 Å². The van der Waals surface area contributed by atoms with Crippen LogP contribution in [0, 0.1) is 10.1 Å². The molecule has 66 valence electrons. The summed E-state index contributed by atoms with van der Waals surface area (Å²) in [6, 6.07) is 6.16. The van der Waals surface area contributed by atoms with Crippen LogP contribution in [-0.2, 0) is 11.2 Å². The first-order chi connectivity index (χ1) is 6.24. The highest BCUT2D eigenvalue weighted by molar-refractivity contribution is 5.47. The van der Waals surface area contributed by atoms with E-state index in [2.05, 4.69) is 0 Å². The van der Waals surface area contributed by atoms with Crippen molar-refractivity contribution in [3.8, 4) is 0 Å². The van der Waals surface area contributed by atoms with E-state index in [1.54, 1.807) is 18.1 Å². The Bertz CT molecular complexity index is 367. The molecule has 0 aliphatic rings. The van der Waals surface area contributed by atoms with E-state index in [1.165, 1.54) is 18.2 Å². The molecule has 4 heteroatoms. The van der Waals surface area contributed by atoms with Gasteiger partial charge in [-0.1, -0.05) is 12.1 Å². The van der Waals surface area contributed by atoms with Gasteiger partial charge in [0.2, 0.25) is 0 Å². The quantitative estimate of drug-likeness (QED) is 0.399. The van der Waals surface area contributed by atoms with Gasteiger partial charge in [-0.3, -0.25) is 10.1 Å². The lowest BCUT2D eigenvalue weighted by atomic mass is 10.1. The molecule has 0 fully saturated rings. The van der Waals surface area contributed by atoms with Crippen LogP contribution in [0.2, 0.25) is 0 Å². The van der Waals surface area contributed by atoms with Crippen LogP contribution in [0.5, 0.6) is 0 Å². The first kappa shape index (κ1) is 9.16. The summed E-state index contributed by atoms with van der Waals surface area (Å²) in [7, 11) is 0. The third kappa shape index (κ3) is 2.54. The van der Waals surface area contributed by atoms with Crippen LogP contribution in [0.1, 0.15) is 5.56 Å². The maximum Gasteiger partial charge on any atom is 0.269 e. The van der Waals surface area contributed by atoms with Gasteiger partial charge in [-0.2, -0.15) is 0 Å². The Hall–Kier alpha value is -1.93. The van der Waals surface area contributed by atoms with E-state index in [1.807, 2.05) is 0 Å². The molecule has 0 bridgehead atoms. The summed E-state index contributed by atoms with van der Waals surface area (Å²) < 4.78 is 0. The normalized spacial score (nSPS) is 8.92. The third-order valence-electron chi connectivity index (χ3n) is 1.54. The molecule has 0 spiro atoms. The first-order valence-electron chi connectivity index (χ1n) is 3.66. The lowest BCUT2D eigenvalue weighted by molar-refractivity contribution is -0.384. The van der Waals surface area contributed by atoms with Crippen LogP contribution < -0.4 is 0 Å². The van der Waals surface area contributed by atoms with Crippen molar-refractivity contribution in [1.29, 1.82) is 0 Å². The number of hydrogen-bond acceptors (Lipinski definition) is 3. The SMILES string of the molecule is O=C=CCc1cccc([N+](=O)[O-])c1. The second kappa shape index (κ2) is 4.18. The summed E-state index contributed by atoms with van der Waals surface area (Å²) in [4.78, 5) is 19.8. The standard InChI is InChI=1S/C9H7NO3/c11-6-2-4-8-3-1-5-9(7-8)10(12)13/h1-3,5,7H,4H2. The highest BCUT2D eigenvalue weighted by Gasteiger charge is 2.03. The van der Waals surface area contributed by atoms with Crippen molar-refractivity contribution in [2.24, 2.45) is 0 Å². The molecule has 0 amide bonds. The second-order valence-corrected chi connectivity index (χ2v) is 2.45. The van der Waals surface area contributed by atoms with Crippen LogP contribution in [-0.4, -0.2) is 10.9 Å². The van der Waals surface area contributed by atoms with E-state index in [0.29, 0.717) is 6.42 Å². The smallest absolute Gasteiger partial charge is 0.258 e. The Morgan fingerprint density at radius 1 is 1.54 bits per heavy atom. The van der Waals surface area contributed by atoms with Crippen LogP contribution in [0.25, 0.3) is 0 Å². The van der Waals surface area contributed by atoms with Gasteiger partial charge in [0, 0.05) is 24.6 Å². The van der Waals surface area contributed by atoms with Crippen molar-refractivity contribution in [3.63, 3.8) is 0 Å². The molecule has 0 aromatic heterocycles. The zero-order valence-corrected chi connectivity index (χ0v) is 6.77. The van der Waals surface area contributed by atoms with Gasteiger partial charge in [0.1, 0.15) is 5.94 Å². The second-order valence-electron chi connectivity index (χ2n) is 2.45. The zero-order valence-electron chi connectivity index (χ0n) is 6.77. The van der Waals surface area contributed by atoms with Gasteiger partial charge in [-0.05, 0) is 5.56 Å². The molecule has 13 heavy (non-hydrogen) atoms. The van der Waals surface area contributed by atoms with E-state index < -0.39 is 4.92 Å². The number of allylic oxidation sites excluding steroid dienone is 1. The summed E-state index contributed by atoms with van der Waals surface area (Å²) >= 11 is 0. The van der Waals surface area contributed by atoms with Crippen molar-refractivity contribution >= 4 is 11.6 Å². The lowest BCUT2D eigenvalue weighted by Crippen LogP contribution is -1.89.